The van der Waals surface area contributed by atoms with Gasteiger partial charge in [-0.05, 0) is 17.7 Å². The average molecular weight is 289 g/mol. The molecule has 1 rings (SSSR count). The molecule has 0 radical (unpaired) electrons. The van der Waals surface area contributed by atoms with Gasteiger partial charge < -0.3 is 9.84 Å². The van der Waals surface area contributed by atoms with E-state index in [9.17, 15) is 9.59 Å². The Labute approximate surface area is 114 Å². The molecule has 1 aromatic rings. The van der Waals surface area contributed by atoms with Crippen LogP contribution in [0.2, 0.25) is 10.0 Å². The monoisotopic (exact) mass is 288 g/mol. The summed E-state index contributed by atoms with van der Waals surface area (Å²) in [4.78, 5) is 22.5. The Balaban J connectivity index is 3.21. The number of ether oxygens (including phenoxy) is 1. The SMILES string of the molecule is COCC(=O)/C(=C\c1cccc(Cl)c1Cl)C(=O)O. The van der Waals surface area contributed by atoms with Gasteiger partial charge in [0.05, 0.1) is 10.0 Å². The normalized spacial score (nSPS) is 11.4. The summed E-state index contributed by atoms with van der Waals surface area (Å²) in [5.74, 6) is -1.98. The van der Waals surface area contributed by atoms with Crippen molar-refractivity contribution in [2.45, 2.75) is 0 Å². The van der Waals surface area contributed by atoms with Gasteiger partial charge in [0, 0.05) is 7.11 Å². The quantitative estimate of drug-likeness (QED) is 0.514. The molecule has 18 heavy (non-hydrogen) atoms. The minimum Gasteiger partial charge on any atom is -0.478 e. The predicted octanol–water partition coefficient (Wildman–Crippen LogP) is 2.68. The molecule has 0 fully saturated rings. The Morgan fingerprint density at radius 2 is 2.06 bits per heavy atom. The van der Waals surface area contributed by atoms with Crippen LogP contribution in [-0.2, 0) is 14.3 Å². The first-order chi connectivity index (χ1) is 8.47. The Bertz CT molecular complexity index is 509. The molecule has 0 aliphatic carbocycles. The number of carbonyl (C=O) groups excluding carboxylic acids is 1. The van der Waals surface area contributed by atoms with E-state index < -0.39 is 17.3 Å². The highest BCUT2D eigenvalue weighted by Crippen LogP contribution is 2.27. The largest absolute Gasteiger partial charge is 0.478 e. The van der Waals surface area contributed by atoms with Crippen LogP contribution in [0.5, 0.6) is 0 Å². The number of hydrogen-bond acceptors (Lipinski definition) is 3. The summed E-state index contributed by atoms with van der Waals surface area (Å²) in [7, 11) is 1.31. The van der Waals surface area contributed by atoms with E-state index in [1.54, 1.807) is 18.2 Å². The number of hydrogen-bond donors (Lipinski definition) is 1. The first-order valence-corrected chi connectivity index (χ1v) is 5.64. The topological polar surface area (TPSA) is 63.6 Å². The number of Topliss-reactive ketones (excluding diaryl/α,β-unsaturated/α-hetero) is 1. The third kappa shape index (κ3) is 3.57. The van der Waals surface area contributed by atoms with Crippen LogP contribution in [-0.4, -0.2) is 30.6 Å². The fourth-order valence-electron chi connectivity index (χ4n) is 1.26. The summed E-state index contributed by atoms with van der Waals surface area (Å²) in [6.45, 7) is -0.309. The van der Waals surface area contributed by atoms with Crippen LogP contribution in [0.15, 0.2) is 23.8 Å². The lowest BCUT2D eigenvalue weighted by Crippen LogP contribution is -2.16. The van der Waals surface area contributed by atoms with E-state index >= 15 is 0 Å². The Morgan fingerprint density at radius 3 is 2.61 bits per heavy atom. The lowest BCUT2D eigenvalue weighted by Gasteiger charge is -2.04. The van der Waals surface area contributed by atoms with Gasteiger partial charge in [0.2, 0.25) is 0 Å². The number of benzene rings is 1. The standard InChI is InChI=1S/C12H10Cl2O4/c1-18-6-10(15)8(12(16)17)5-7-3-2-4-9(13)11(7)14/h2-5H,6H2,1H3,(H,16,17)/b8-5+. The second kappa shape index (κ2) is 6.54. The number of ketones is 1. The molecule has 0 saturated heterocycles. The van der Waals surface area contributed by atoms with Crippen molar-refractivity contribution in [1.82, 2.24) is 0 Å². The van der Waals surface area contributed by atoms with Crippen molar-refractivity contribution in [3.63, 3.8) is 0 Å². The van der Waals surface area contributed by atoms with Gasteiger partial charge in [0.25, 0.3) is 0 Å². The molecule has 0 unspecified atom stereocenters. The Hall–Kier alpha value is -1.36. The third-order valence-electron chi connectivity index (χ3n) is 2.09. The van der Waals surface area contributed by atoms with Crippen molar-refractivity contribution in [2.75, 3.05) is 13.7 Å². The number of aliphatic carboxylic acids is 1. The van der Waals surface area contributed by atoms with Gasteiger partial charge in [0.1, 0.15) is 12.2 Å². The first-order valence-electron chi connectivity index (χ1n) is 4.88. The molecule has 0 amide bonds. The molecule has 0 saturated carbocycles. The predicted molar refractivity (Wildman–Crippen MR) is 69.0 cm³/mol. The lowest BCUT2D eigenvalue weighted by atomic mass is 10.1. The van der Waals surface area contributed by atoms with Gasteiger partial charge >= 0.3 is 5.97 Å². The van der Waals surface area contributed by atoms with Gasteiger partial charge in [0.15, 0.2) is 5.78 Å². The van der Waals surface area contributed by atoms with Crippen LogP contribution in [0.3, 0.4) is 0 Å². The highest BCUT2D eigenvalue weighted by molar-refractivity contribution is 6.43. The molecule has 0 atom stereocenters. The van der Waals surface area contributed by atoms with E-state index in [1.807, 2.05) is 0 Å². The average Bonchev–Trinajstić information content (AvgIpc) is 2.30. The van der Waals surface area contributed by atoms with E-state index in [1.165, 1.54) is 13.2 Å². The Morgan fingerprint density at radius 1 is 1.39 bits per heavy atom. The zero-order valence-corrected chi connectivity index (χ0v) is 11.0. The van der Waals surface area contributed by atoms with Crippen molar-refractivity contribution in [3.05, 3.63) is 39.4 Å². The maximum Gasteiger partial charge on any atom is 0.339 e. The van der Waals surface area contributed by atoms with E-state index in [4.69, 9.17) is 28.3 Å². The summed E-state index contributed by atoms with van der Waals surface area (Å²) in [5.41, 5.74) is -0.0352. The molecule has 0 heterocycles. The molecule has 0 aliphatic heterocycles. The molecule has 6 heteroatoms. The van der Waals surface area contributed by atoms with Crippen molar-refractivity contribution in [2.24, 2.45) is 0 Å². The minimum atomic E-state index is -1.34. The van der Waals surface area contributed by atoms with E-state index in [0.29, 0.717) is 5.56 Å². The first kappa shape index (κ1) is 14.7. The van der Waals surface area contributed by atoms with Crippen molar-refractivity contribution in [1.29, 1.82) is 0 Å². The maximum atomic E-state index is 11.5. The van der Waals surface area contributed by atoms with Crippen LogP contribution in [0.1, 0.15) is 5.56 Å². The number of carboxylic acids is 1. The molecule has 0 bridgehead atoms. The van der Waals surface area contributed by atoms with Gasteiger partial charge in [-0.1, -0.05) is 35.3 Å². The van der Waals surface area contributed by atoms with Crippen molar-refractivity contribution in [3.8, 4) is 0 Å². The van der Waals surface area contributed by atoms with E-state index in [-0.39, 0.29) is 16.7 Å². The van der Waals surface area contributed by atoms with Gasteiger partial charge in [-0.3, -0.25) is 4.79 Å². The minimum absolute atomic E-state index is 0.197. The van der Waals surface area contributed by atoms with Crippen LogP contribution in [0.25, 0.3) is 6.08 Å². The smallest absolute Gasteiger partial charge is 0.339 e. The van der Waals surface area contributed by atoms with E-state index in [2.05, 4.69) is 4.74 Å². The number of rotatable bonds is 5. The second-order valence-electron chi connectivity index (χ2n) is 3.36. The molecule has 0 aromatic heterocycles. The van der Waals surface area contributed by atoms with Crippen molar-refractivity contribution < 1.29 is 19.4 Å². The Kier molecular flexibility index (Phi) is 5.34. The van der Waals surface area contributed by atoms with Crippen LogP contribution < -0.4 is 0 Å². The summed E-state index contributed by atoms with van der Waals surface area (Å²) < 4.78 is 4.61. The second-order valence-corrected chi connectivity index (χ2v) is 4.15. The number of halogens is 2. The van der Waals surface area contributed by atoms with E-state index in [0.717, 1.165) is 0 Å². The molecule has 0 aliphatic rings. The molecule has 96 valence electrons. The maximum absolute atomic E-state index is 11.5. The molecule has 1 aromatic carbocycles. The number of carbonyl (C=O) groups is 2. The summed E-state index contributed by atoms with van der Waals surface area (Å²) in [6, 6.07) is 4.75. The molecule has 0 spiro atoms. The van der Waals surface area contributed by atoms with Gasteiger partial charge in [-0.25, -0.2) is 4.79 Å². The van der Waals surface area contributed by atoms with Crippen LogP contribution >= 0.6 is 23.2 Å². The lowest BCUT2D eigenvalue weighted by molar-refractivity contribution is -0.135. The summed E-state index contributed by atoms with van der Waals surface area (Å²) >= 11 is 11.7. The zero-order chi connectivity index (χ0) is 13.7. The van der Waals surface area contributed by atoms with Crippen molar-refractivity contribution >= 4 is 41.0 Å². The third-order valence-corrected chi connectivity index (χ3v) is 2.92. The molecular weight excluding hydrogens is 279 g/mol. The number of carboxylic acid groups (broad SMARTS) is 1. The zero-order valence-electron chi connectivity index (χ0n) is 9.44. The summed E-state index contributed by atoms with van der Waals surface area (Å²) in [6.07, 6.45) is 1.18. The highest BCUT2D eigenvalue weighted by atomic mass is 35.5. The highest BCUT2D eigenvalue weighted by Gasteiger charge is 2.17. The fourth-order valence-corrected chi connectivity index (χ4v) is 1.62. The number of methoxy groups -OCH3 is 1. The van der Waals surface area contributed by atoms with Crippen LogP contribution in [0, 0.1) is 0 Å². The van der Waals surface area contributed by atoms with Gasteiger partial charge in [-0.15, -0.1) is 0 Å². The van der Waals surface area contributed by atoms with Crippen LogP contribution in [0.4, 0.5) is 0 Å². The molecule has 1 N–H and O–H groups in total. The molecular formula is C12H10Cl2O4. The summed E-state index contributed by atoms with van der Waals surface area (Å²) in [5, 5.41) is 9.45. The fraction of sp³-hybridized carbons (Fsp3) is 0.167. The van der Waals surface area contributed by atoms with Gasteiger partial charge in [-0.2, -0.15) is 0 Å². The molecule has 4 nitrogen and oxygen atoms in total.